The van der Waals surface area contributed by atoms with Crippen LogP contribution < -0.4 is 26.5 Å². The number of nitrogens with two attached hydrogens (primary N) is 1. The van der Waals surface area contributed by atoms with Gasteiger partial charge >= 0.3 is 16.8 Å². The van der Waals surface area contributed by atoms with E-state index in [0.29, 0.717) is 5.69 Å². The van der Waals surface area contributed by atoms with Crippen molar-refractivity contribution in [2.75, 3.05) is 13.1 Å². The molecule has 4 N–H and O–H groups in total. The Labute approximate surface area is 124 Å². The molecule has 1 radical (unpaired) electrons. The second-order valence-electron chi connectivity index (χ2n) is 3.64. The number of carbonyl (C=O) groups is 3. The van der Waals surface area contributed by atoms with E-state index in [-0.39, 0.29) is 36.3 Å². The van der Waals surface area contributed by atoms with Crippen molar-refractivity contribution in [1.29, 1.82) is 0 Å². The first-order valence-electron chi connectivity index (χ1n) is 5.41. The summed E-state index contributed by atoms with van der Waals surface area (Å²) in [4.78, 5) is 40.6. The van der Waals surface area contributed by atoms with Gasteiger partial charge in [-0.1, -0.05) is 18.2 Å². The molecule has 0 fully saturated rings. The monoisotopic (exact) mass is 326 g/mol. The zero-order chi connectivity index (χ0) is 14.3. The first-order chi connectivity index (χ1) is 9.02. The first kappa shape index (κ1) is 18.1. The Bertz CT molecular complexity index is 451. The SMILES string of the molecule is NCC(=O)NCC(=O)N[C@@H](Cc1c[n-]cn1)C(=O)[O-].[Co+2]. The van der Waals surface area contributed by atoms with Crippen molar-refractivity contribution in [1.82, 2.24) is 20.6 Å². The number of carboxylic acid groups (broad SMARTS) is 1. The van der Waals surface area contributed by atoms with Crippen molar-refractivity contribution in [3.8, 4) is 0 Å². The van der Waals surface area contributed by atoms with E-state index in [2.05, 4.69) is 20.6 Å². The zero-order valence-corrected chi connectivity index (χ0v) is 11.3. The van der Waals surface area contributed by atoms with Crippen LogP contribution in [-0.2, 0) is 37.6 Å². The van der Waals surface area contributed by atoms with E-state index >= 15 is 0 Å². The fraction of sp³-hybridized carbons (Fsp3) is 0.400. The fourth-order valence-electron chi connectivity index (χ4n) is 1.26. The molecule has 0 spiro atoms. The molecule has 0 aliphatic rings. The van der Waals surface area contributed by atoms with Gasteiger partial charge in [0.05, 0.1) is 25.1 Å². The smallest absolute Gasteiger partial charge is 0.548 e. The summed E-state index contributed by atoms with van der Waals surface area (Å²) in [6.07, 6.45) is 2.61. The zero-order valence-electron chi connectivity index (χ0n) is 10.3. The van der Waals surface area contributed by atoms with Gasteiger partial charge in [-0.05, 0) is 6.42 Å². The van der Waals surface area contributed by atoms with Crippen LogP contribution in [-0.4, -0.2) is 41.9 Å². The summed E-state index contributed by atoms with van der Waals surface area (Å²) in [7, 11) is 0. The van der Waals surface area contributed by atoms with Gasteiger partial charge in [0, 0.05) is 0 Å². The summed E-state index contributed by atoms with van der Waals surface area (Å²) in [6.45, 7) is -0.604. The number of rotatable bonds is 7. The Kier molecular flexibility index (Phi) is 8.20. The molecule has 0 aliphatic heterocycles. The third-order valence-corrected chi connectivity index (χ3v) is 2.18. The molecule has 0 aliphatic carbocycles. The Balaban J connectivity index is 0.00000361. The van der Waals surface area contributed by atoms with Crippen molar-refractivity contribution in [2.45, 2.75) is 12.5 Å². The van der Waals surface area contributed by atoms with Gasteiger partial charge in [-0.2, -0.15) is 0 Å². The van der Waals surface area contributed by atoms with Crippen molar-refractivity contribution >= 4 is 17.8 Å². The Morgan fingerprint density at radius 3 is 2.60 bits per heavy atom. The molecule has 0 bridgehead atoms. The molecular formula is C10H13CoN5O4. The van der Waals surface area contributed by atoms with Gasteiger partial charge in [0.1, 0.15) is 0 Å². The molecule has 0 saturated carbocycles. The molecule has 2 amide bonds. The summed E-state index contributed by atoms with van der Waals surface area (Å²) in [5.74, 6) is -2.61. The number of nitrogens with one attached hydrogen (secondary N) is 2. The molecule has 1 aromatic rings. The number of imidazole rings is 1. The maximum absolute atomic E-state index is 11.4. The van der Waals surface area contributed by atoms with Crippen molar-refractivity contribution in [3.05, 3.63) is 18.2 Å². The van der Waals surface area contributed by atoms with Crippen LogP contribution in [0.4, 0.5) is 0 Å². The molecule has 1 rings (SSSR count). The Hall–Kier alpha value is -1.91. The fourth-order valence-corrected chi connectivity index (χ4v) is 1.26. The van der Waals surface area contributed by atoms with Gasteiger partial charge in [0.15, 0.2) is 0 Å². The van der Waals surface area contributed by atoms with Crippen LogP contribution in [0.1, 0.15) is 5.69 Å². The predicted molar refractivity (Wildman–Crippen MR) is 60.3 cm³/mol. The summed E-state index contributed by atoms with van der Waals surface area (Å²) in [5.41, 5.74) is 5.45. The number of aromatic nitrogens is 2. The van der Waals surface area contributed by atoms with Crippen LogP contribution in [0.5, 0.6) is 0 Å². The summed E-state index contributed by atoms with van der Waals surface area (Å²) in [5, 5.41) is 15.3. The van der Waals surface area contributed by atoms with E-state index in [1.54, 1.807) is 0 Å². The number of nitrogens with zero attached hydrogens (tertiary/aromatic N) is 2. The summed E-state index contributed by atoms with van der Waals surface area (Å²) >= 11 is 0. The number of amides is 2. The van der Waals surface area contributed by atoms with Crippen LogP contribution in [0.15, 0.2) is 12.5 Å². The third kappa shape index (κ3) is 6.31. The van der Waals surface area contributed by atoms with Gasteiger partial charge in [-0.3, -0.25) is 9.59 Å². The molecule has 1 heterocycles. The molecule has 10 heteroatoms. The summed E-state index contributed by atoms with van der Waals surface area (Å²) in [6, 6.07) is -1.24. The average molecular weight is 326 g/mol. The van der Waals surface area contributed by atoms with Crippen LogP contribution in [0.3, 0.4) is 0 Å². The molecule has 0 saturated heterocycles. The van der Waals surface area contributed by atoms with Crippen LogP contribution >= 0.6 is 0 Å². The topological polar surface area (TPSA) is 151 Å². The molecular weight excluding hydrogens is 313 g/mol. The van der Waals surface area contributed by atoms with Crippen molar-refractivity contribution in [2.24, 2.45) is 5.73 Å². The second kappa shape index (κ2) is 9.06. The molecule has 20 heavy (non-hydrogen) atoms. The van der Waals surface area contributed by atoms with E-state index in [4.69, 9.17) is 5.73 Å². The number of carbonyl (C=O) groups excluding carboxylic acids is 3. The van der Waals surface area contributed by atoms with Crippen LogP contribution in [0.25, 0.3) is 0 Å². The standard InChI is InChI=1S/C10H15N5O4.Co/c11-2-8(16)13-4-9(17)15-7(10(18)19)1-6-3-12-5-14-6;/h3,5,7H,1-2,4,11H2,(H4,12,13,14,15,16,17,18,19);/q;+2/p-2/t7-;/m0./s1. The Morgan fingerprint density at radius 2 is 2.10 bits per heavy atom. The minimum absolute atomic E-state index is 0. The molecule has 9 nitrogen and oxygen atoms in total. The van der Waals surface area contributed by atoms with Gasteiger partial charge in [0.25, 0.3) is 0 Å². The summed E-state index contributed by atoms with van der Waals surface area (Å²) < 4.78 is 0. The molecule has 0 unspecified atom stereocenters. The molecule has 1 atom stereocenters. The van der Waals surface area contributed by atoms with E-state index in [0.717, 1.165) is 0 Å². The maximum atomic E-state index is 11.4. The minimum Gasteiger partial charge on any atom is -0.548 e. The van der Waals surface area contributed by atoms with Gasteiger partial charge in [-0.25, -0.2) is 0 Å². The molecule has 0 aromatic carbocycles. The molecule has 111 valence electrons. The Morgan fingerprint density at radius 1 is 1.40 bits per heavy atom. The number of hydrogen-bond acceptors (Lipinski definition) is 6. The third-order valence-electron chi connectivity index (χ3n) is 2.18. The largest absolute Gasteiger partial charge is 2.00 e. The minimum atomic E-state index is -1.44. The van der Waals surface area contributed by atoms with Gasteiger partial charge in [-0.15, -0.1) is 0 Å². The van der Waals surface area contributed by atoms with E-state index < -0.39 is 23.8 Å². The number of carboxylic acids is 1. The van der Waals surface area contributed by atoms with Crippen molar-refractivity contribution < 1.29 is 36.3 Å². The maximum Gasteiger partial charge on any atom is 2.00 e. The van der Waals surface area contributed by atoms with E-state index in [1.807, 2.05) is 0 Å². The predicted octanol–water partition coefficient (Wildman–Crippen LogP) is -4.11. The normalized spacial score (nSPS) is 11.1. The van der Waals surface area contributed by atoms with Crippen LogP contribution in [0, 0.1) is 0 Å². The van der Waals surface area contributed by atoms with Crippen LogP contribution in [0.2, 0.25) is 0 Å². The van der Waals surface area contributed by atoms with Crippen molar-refractivity contribution in [3.63, 3.8) is 0 Å². The van der Waals surface area contributed by atoms with Gasteiger partial charge < -0.3 is 36.2 Å². The first-order valence-corrected chi connectivity index (χ1v) is 5.41. The van der Waals surface area contributed by atoms with E-state index in [9.17, 15) is 19.5 Å². The average Bonchev–Trinajstić information content (AvgIpc) is 2.87. The number of aliphatic carboxylic acids is 1. The second-order valence-corrected chi connectivity index (χ2v) is 3.64. The quantitative estimate of drug-likeness (QED) is 0.460. The van der Waals surface area contributed by atoms with E-state index in [1.165, 1.54) is 12.5 Å². The number of hydrogen-bond donors (Lipinski definition) is 3. The molecule has 1 aromatic heterocycles. The van der Waals surface area contributed by atoms with Gasteiger partial charge in [0.2, 0.25) is 11.8 Å².